The lowest BCUT2D eigenvalue weighted by molar-refractivity contribution is 0.403. The van der Waals surface area contributed by atoms with E-state index in [-0.39, 0.29) is 5.41 Å². The molecule has 0 aliphatic carbocycles. The Morgan fingerprint density at radius 2 is 1.17 bits per heavy atom. The fourth-order valence-corrected chi connectivity index (χ4v) is 4.04. The molecule has 0 atom stereocenters. The molecule has 0 aromatic heterocycles. The third kappa shape index (κ3) is 5.08. The highest BCUT2D eigenvalue weighted by molar-refractivity contribution is 5.73. The molecule has 0 fully saturated rings. The lowest BCUT2D eigenvalue weighted by Crippen LogP contribution is -2.26. The first-order chi connectivity index (χ1) is 14.3. The minimum atomic E-state index is -0.119. The Hall–Kier alpha value is -2.24. The van der Waals surface area contributed by atoms with E-state index in [0.717, 1.165) is 61.9 Å². The molecule has 164 valence electrons. The van der Waals surface area contributed by atoms with Crippen molar-refractivity contribution in [1.29, 1.82) is 0 Å². The van der Waals surface area contributed by atoms with Crippen molar-refractivity contribution < 1.29 is 4.74 Å². The summed E-state index contributed by atoms with van der Waals surface area (Å²) in [4.78, 5) is 4.43. The van der Waals surface area contributed by atoms with E-state index >= 15 is 0 Å². The average Bonchev–Trinajstić information content (AvgIpc) is 2.69. The van der Waals surface area contributed by atoms with E-state index in [1.165, 1.54) is 11.1 Å². The zero-order valence-corrected chi connectivity index (χ0v) is 19.5. The van der Waals surface area contributed by atoms with Crippen LogP contribution in [0.4, 0.5) is 11.4 Å². The summed E-state index contributed by atoms with van der Waals surface area (Å²) in [6, 6.07) is 12.9. The molecule has 30 heavy (non-hydrogen) atoms. The smallest absolute Gasteiger partial charge is 0.154 e. The number of hydrogen-bond acceptors (Lipinski definition) is 5. The van der Waals surface area contributed by atoms with Crippen LogP contribution in [0.5, 0.6) is 11.5 Å². The Balaban J connectivity index is 1.83. The van der Waals surface area contributed by atoms with Crippen LogP contribution in [0.2, 0.25) is 0 Å². The van der Waals surface area contributed by atoms with Crippen LogP contribution in [-0.2, 0) is 5.41 Å². The van der Waals surface area contributed by atoms with Crippen LogP contribution in [0.1, 0.15) is 37.8 Å². The largest absolute Gasteiger partial charge is 0.452 e. The van der Waals surface area contributed by atoms with Gasteiger partial charge in [-0.05, 0) is 66.3 Å². The van der Waals surface area contributed by atoms with E-state index in [2.05, 4.69) is 98.9 Å². The summed E-state index contributed by atoms with van der Waals surface area (Å²) < 4.78 is 6.59. The second-order valence-corrected chi connectivity index (χ2v) is 9.26. The number of nitrogens with one attached hydrogen (secondary N) is 2. The van der Waals surface area contributed by atoms with Gasteiger partial charge < -0.3 is 25.2 Å². The molecule has 1 aliphatic heterocycles. The molecule has 5 heteroatoms. The molecule has 5 nitrogen and oxygen atoms in total. The van der Waals surface area contributed by atoms with Gasteiger partial charge in [-0.15, -0.1) is 0 Å². The van der Waals surface area contributed by atoms with Crippen molar-refractivity contribution in [2.45, 2.75) is 32.1 Å². The van der Waals surface area contributed by atoms with Gasteiger partial charge in [0.2, 0.25) is 0 Å². The predicted molar refractivity (Wildman–Crippen MR) is 128 cm³/mol. The molecule has 1 aliphatic rings. The number of rotatable bonds is 10. The van der Waals surface area contributed by atoms with E-state index in [4.69, 9.17) is 4.74 Å². The Morgan fingerprint density at radius 3 is 1.57 bits per heavy atom. The van der Waals surface area contributed by atoms with Crippen molar-refractivity contribution >= 4 is 11.4 Å². The lowest BCUT2D eigenvalue weighted by atomic mass is 9.75. The molecular formula is C25H38N4O. The van der Waals surface area contributed by atoms with Gasteiger partial charge in [0.15, 0.2) is 11.5 Å². The average molecular weight is 411 g/mol. The normalized spacial score (nSPS) is 14.3. The molecule has 0 unspecified atom stereocenters. The molecule has 1 heterocycles. The quantitative estimate of drug-likeness (QED) is 0.548. The highest BCUT2D eigenvalue weighted by Crippen LogP contribution is 2.52. The van der Waals surface area contributed by atoms with Crippen LogP contribution >= 0.6 is 0 Å². The molecule has 3 rings (SSSR count). The molecule has 2 aromatic rings. The number of hydrogen-bond donors (Lipinski definition) is 2. The Bertz CT molecular complexity index is 778. The molecule has 0 bridgehead atoms. The third-order valence-corrected chi connectivity index (χ3v) is 5.78. The summed E-state index contributed by atoms with van der Waals surface area (Å²) in [5, 5.41) is 7.21. The fourth-order valence-electron chi connectivity index (χ4n) is 4.04. The summed E-state index contributed by atoms with van der Waals surface area (Å²) in [6.07, 6.45) is 2.19. The molecule has 0 amide bonds. The van der Waals surface area contributed by atoms with Crippen LogP contribution in [0.15, 0.2) is 36.4 Å². The minimum Gasteiger partial charge on any atom is -0.452 e. The lowest BCUT2D eigenvalue weighted by Gasteiger charge is -2.36. The first kappa shape index (κ1) is 22.4. The number of anilines is 2. The van der Waals surface area contributed by atoms with E-state index in [1.807, 2.05) is 0 Å². The first-order valence-electron chi connectivity index (χ1n) is 11.0. The van der Waals surface area contributed by atoms with Gasteiger partial charge in [0.25, 0.3) is 0 Å². The van der Waals surface area contributed by atoms with Crippen molar-refractivity contribution in [3.63, 3.8) is 0 Å². The SMILES string of the molecule is CN(C)CCCNc1cccc2c1Oc1c(NCCCN(C)C)cccc1C2(C)C. The topological polar surface area (TPSA) is 39.8 Å². The first-order valence-corrected chi connectivity index (χ1v) is 11.0. The van der Waals surface area contributed by atoms with Gasteiger partial charge in [-0.1, -0.05) is 38.1 Å². The number of nitrogens with zero attached hydrogens (tertiary/aromatic N) is 2. The van der Waals surface area contributed by atoms with E-state index < -0.39 is 0 Å². The fraction of sp³-hybridized carbons (Fsp3) is 0.520. The van der Waals surface area contributed by atoms with Crippen molar-refractivity contribution in [2.24, 2.45) is 0 Å². The number of para-hydroxylation sites is 2. The summed E-state index contributed by atoms with van der Waals surface area (Å²) in [6.45, 7) is 8.57. The maximum Gasteiger partial charge on any atom is 0.154 e. The Kier molecular flexibility index (Phi) is 7.27. The van der Waals surface area contributed by atoms with Crippen LogP contribution in [-0.4, -0.2) is 64.2 Å². The maximum absolute atomic E-state index is 6.59. The highest BCUT2D eigenvalue weighted by atomic mass is 16.5. The number of benzene rings is 2. The van der Waals surface area contributed by atoms with Gasteiger partial charge in [-0.25, -0.2) is 0 Å². The monoisotopic (exact) mass is 410 g/mol. The highest BCUT2D eigenvalue weighted by Gasteiger charge is 2.36. The third-order valence-electron chi connectivity index (χ3n) is 5.78. The second kappa shape index (κ2) is 9.71. The van der Waals surface area contributed by atoms with Crippen LogP contribution in [0.25, 0.3) is 0 Å². The summed E-state index contributed by atoms with van der Waals surface area (Å²) in [5.74, 6) is 1.92. The second-order valence-electron chi connectivity index (χ2n) is 9.26. The molecule has 0 saturated carbocycles. The Morgan fingerprint density at radius 1 is 0.733 bits per heavy atom. The van der Waals surface area contributed by atoms with E-state index in [1.54, 1.807) is 0 Å². The van der Waals surface area contributed by atoms with Crippen molar-refractivity contribution in [2.75, 3.05) is 65.0 Å². The molecule has 0 saturated heterocycles. The van der Waals surface area contributed by atoms with Gasteiger partial charge >= 0.3 is 0 Å². The summed E-state index contributed by atoms with van der Waals surface area (Å²) >= 11 is 0. The van der Waals surface area contributed by atoms with Gasteiger partial charge in [-0.3, -0.25) is 0 Å². The van der Waals surface area contributed by atoms with E-state index in [9.17, 15) is 0 Å². The maximum atomic E-state index is 6.59. The van der Waals surface area contributed by atoms with Crippen LogP contribution < -0.4 is 15.4 Å². The number of fused-ring (bicyclic) bond motifs is 2. The summed E-state index contributed by atoms with van der Waals surface area (Å²) in [7, 11) is 8.44. The van der Waals surface area contributed by atoms with Gasteiger partial charge in [0, 0.05) is 29.6 Å². The Labute approximate surface area is 182 Å². The zero-order chi connectivity index (χ0) is 21.7. The molecule has 2 N–H and O–H groups in total. The van der Waals surface area contributed by atoms with Gasteiger partial charge in [0.05, 0.1) is 11.4 Å². The molecule has 0 radical (unpaired) electrons. The molecular weight excluding hydrogens is 372 g/mol. The molecule has 0 spiro atoms. The van der Waals surface area contributed by atoms with Crippen molar-refractivity contribution in [3.05, 3.63) is 47.5 Å². The van der Waals surface area contributed by atoms with Crippen molar-refractivity contribution in [1.82, 2.24) is 9.80 Å². The standard InChI is InChI=1S/C25H38N4O/c1-25(2)19-11-7-13-21(26-15-9-17-28(3)4)23(19)30-24-20(25)12-8-14-22(24)27-16-10-18-29(5)6/h7-8,11-14,26-27H,9-10,15-18H2,1-6H3. The van der Waals surface area contributed by atoms with Crippen LogP contribution in [0.3, 0.4) is 0 Å². The van der Waals surface area contributed by atoms with Gasteiger partial charge in [-0.2, -0.15) is 0 Å². The number of ether oxygens (including phenoxy) is 1. The predicted octanol–water partition coefficient (Wildman–Crippen LogP) is 4.85. The zero-order valence-electron chi connectivity index (χ0n) is 19.5. The van der Waals surface area contributed by atoms with E-state index in [0.29, 0.717) is 0 Å². The van der Waals surface area contributed by atoms with Gasteiger partial charge in [0.1, 0.15) is 0 Å². The van der Waals surface area contributed by atoms with Crippen LogP contribution in [0, 0.1) is 0 Å². The van der Waals surface area contributed by atoms with Crippen molar-refractivity contribution in [3.8, 4) is 11.5 Å². The molecule has 2 aromatic carbocycles. The minimum absolute atomic E-state index is 0.119. The summed E-state index contributed by atoms with van der Waals surface area (Å²) in [5.41, 5.74) is 4.50.